The van der Waals surface area contributed by atoms with Gasteiger partial charge < -0.3 is 9.73 Å². The molecule has 17 heavy (non-hydrogen) atoms. The Bertz CT molecular complexity index is 514. The van der Waals surface area contributed by atoms with E-state index < -0.39 is 0 Å². The van der Waals surface area contributed by atoms with Gasteiger partial charge in [0.15, 0.2) is 11.6 Å². The van der Waals surface area contributed by atoms with E-state index in [1.807, 2.05) is 31.2 Å². The first-order chi connectivity index (χ1) is 8.15. The molecule has 0 bridgehead atoms. The molecule has 1 aromatic carbocycles. The van der Waals surface area contributed by atoms with Crippen LogP contribution >= 0.6 is 0 Å². The summed E-state index contributed by atoms with van der Waals surface area (Å²) in [5.41, 5.74) is 2.57. The number of nitrogens with zero attached hydrogens (tertiary/aromatic N) is 1. The molecule has 4 heteroatoms. The van der Waals surface area contributed by atoms with Crippen LogP contribution in [-0.4, -0.2) is 10.9 Å². The minimum absolute atomic E-state index is 0.220. The fraction of sp³-hybridized carbons (Fsp3) is 0.231. The summed E-state index contributed by atoms with van der Waals surface area (Å²) >= 11 is 0. The SMILES string of the molecule is Cc1ccc(CNC(=O)c2coc(C)n2)cc1. The third kappa shape index (κ3) is 2.93. The van der Waals surface area contributed by atoms with Gasteiger partial charge in [-0.3, -0.25) is 4.79 Å². The van der Waals surface area contributed by atoms with Crippen molar-refractivity contribution in [3.05, 3.63) is 53.2 Å². The molecule has 0 atom stereocenters. The van der Waals surface area contributed by atoms with Gasteiger partial charge in [-0.2, -0.15) is 0 Å². The molecule has 2 rings (SSSR count). The summed E-state index contributed by atoms with van der Waals surface area (Å²) in [5, 5.41) is 2.79. The molecule has 1 amide bonds. The molecule has 0 unspecified atom stereocenters. The van der Waals surface area contributed by atoms with Gasteiger partial charge >= 0.3 is 0 Å². The Balaban J connectivity index is 1.94. The van der Waals surface area contributed by atoms with Crippen LogP contribution < -0.4 is 5.32 Å². The molecule has 0 saturated heterocycles. The van der Waals surface area contributed by atoms with Crippen molar-refractivity contribution in [2.45, 2.75) is 20.4 Å². The lowest BCUT2D eigenvalue weighted by molar-refractivity contribution is 0.0946. The van der Waals surface area contributed by atoms with E-state index in [0.29, 0.717) is 18.1 Å². The zero-order valence-corrected chi connectivity index (χ0v) is 9.86. The normalized spacial score (nSPS) is 10.2. The molecule has 88 valence electrons. The van der Waals surface area contributed by atoms with Crippen LogP contribution in [0.1, 0.15) is 27.5 Å². The highest BCUT2D eigenvalue weighted by Crippen LogP contribution is 2.04. The zero-order valence-electron chi connectivity index (χ0n) is 9.86. The van der Waals surface area contributed by atoms with Gasteiger partial charge in [0.2, 0.25) is 0 Å². The van der Waals surface area contributed by atoms with Crippen molar-refractivity contribution >= 4 is 5.91 Å². The summed E-state index contributed by atoms with van der Waals surface area (Å²) in [7, 11) is 0. The average molecular weight is 230 g/mol. The van der Waals surface area contributed by atoms with Crippen LogP contribution in [-0.2, 0) is 6.54 Å². The second kappa shape index (κ2) is 4.82. The van der Waals surface area contributed by atoms with Crippen molar-refractivity contribution in [2.24, 2.45) is 0 Å². The summed E-state index contributed by atoms with van der Waals surface area (Å²) in [6.07, 6.45) is 1.36. The van der Waals surface area contributed by atoms with Gasteiger partial charge in [-0.25, -0.2) is 4.98 Å². The fourth-order valence-corrected chi connectivity index (χ4v) is 1.45. The molecule has 1 heterocycles. The van der Waals surface area contributed by atoms with E-state index in [4.69, 9.17) is 4.42 Å². The molecule has 0 saturated carbocycles. The minimum atomic E-state index is -0.220. The first-order valence-electron chi connectivity index (χ1n) is 5.41. The Morgan fingerprint density at radius 1 is 1.29 bits per heavy atom. The van der Waals surface area contributed by atoms with Crippen LogP contribution in [0.3, 0.4) is 0 Å². The number of rotatable bonds is 3. The van der Waals surface area contributed by atoms with Crippen molar-refractivity contribution in [3.63, 3.8) is 0 Å². The van der Waals surface area contributed by atoms with E-state index >= 15 is 0 Å². The van der Waals surface area contributed by atoms with Crippen molar-refractivity contribution < 1.29 is 9.21 Å². The van der Waals surface area contributed by atoms with Gasteiger partial charge in [0.05, 0.1) is 0 Å². The molecule has 0 spiro atoms. The van der Waals surface area contributed by atoms with E-state index in [1.165, 1.54) is 11.8 Å². The zero-order chi connectivity index (χ0) is 12.3. The quantitative estimate of drug-likeness (QED) is 0.879. The highest BCUT2D eigenvalue weighted by atomic mass is 16.3. The standard InChI is InChI=1S/C13H14N2O2/c1-9-3-5-11(6-4-9)7-14-13(16)12-8-17-10(2)15-12/h3-6,8H,7H2,1-2H3,(H,14,16). The topological polar surface area (TPSA) is 55.1 Å². The number of carbonyl (C=O) groups excluding carboxylic acids is 1. The average Bonchev–Trinajstić information content (AvgIpc) is 2.75. The molecular weight excluding hydrogens is 216 g/mol. The van der Waals surface area contributed by atoms with Crippen LogP contribution in [0.5, 0.6) is 0 Å². The third-order valence-corrected chi connectivity index (χ3v) is 2.43. The summed E-state index contributed by atoms with van der Waals surface area (Å²) in [6, 6.07) is 8.01. The Kier molecular flexibility index (Phi) is 3.23. The van der Waals surface area contributed by atoms with Gasteiger partial charge in [0, 0.05) is 13.5 Å². The number of amides is 1. The molecule has 2 aromatic rings. The number of carbonyl (C=O) groups is 1. The van der Waals surface area contributed by atoms with Crippen LogP contribution in [0.15, 0.2) is 34.9 Å². The van der Waals surface area contributed by atoms with Crippen molar-refractivity contribution in [1.29, 1.82) is 0 Å². The lowest BCUT2D eigenvalue weighted by Crippen LogP contribution is -2.23. The Morgan fingerprint density at radius 2 is 2.00 bits per heavy atom. The van der Waals surface area contributed by atoms with Crippen LogP contribution in [0, 0.1) is 13.8 Å². The Morgan fingerprint density at radius 3 is 2.59 bits per heavy atom. The maximum atomic E-state index is 11.7. The van der Waals surface area contributed by atoms with Crippen molar-refractivity contribution in [2.75, 3.05) is 0 Å². The van der Waals surface area contributed by atoms with Crippen molar-refractivity contribution in [1.82, 2.24) is 10.3 Å². The van der Waals surface area contributed by atoms with E-state index in [9.17, 15) is 4.79 Å². The number of aromatic nitrogens is 1. The summed E-state index contributed by atoms with van der Waals surface area (Å²) in [5.74, 6) is 0.271. The monoisotopic (exact) mass is 230 g/mol. The van der Waals surface area contributed by atoms with Crippen LogP contribution in [0.25, 0.3) is 0 Å². The molecule has 0 aliphatic carbocycles. The number of aryl methyl sites for hydroxylation is 2. The molecule has 0 aliphatic rings. The largest absolute Gasteiger partial charge is 0.448 e. The highest BCUT2D eigenvalue weighted by Gasteiger charge is 2.09. The van der Waals surface area contributed by atoms with Crippen LogP contribution in [0.2, 0.25) is 0 Å². The van der Waals surface area contributed by atoms with Gasteiger partial charge in [-0.05, 0) is 12.5 Å². The number of benzene rings is 1. The summed E-state index contributed by atoms with van der Waals surface area (Å²) in [4.78, 5) is 15.6. The molecule has 1 aromatic heterocycles. The fourth-order valence-electron chi connectivity index (χ4n) is 1.45. The van der Waals surface area contributed by atoms with Gasteiger partial charge in [0.25, 0.3) is 5.91 Å². The Hall–Kier alpha value is -2.10. The number of oxazole rings is 1. The molecule has 0 fully saturated rings. The predicted molar refractivity (Wildman–Crippen MR) is 63.6 cm³/mol. The lowest BCUT2D eigenvalue weighted by atomic mass is 10.1. The van der Waals surface area contributed by atoms with E-state index in [0.717, 1.165) is 5.56 Å². The summed E-state index contributed by atoms with van der Waals surface area (Å²) < 4.78 is 4.98. The summed E-state index contributed by atoms with van der Waals surface area (Å²) in [6.45, 7) is 4.22. The number of nitrogens with one attached hydrogen (secondary N) is 1. The first-order valence-corrected chi connectivity index (χ1v) is 5.41. The van der Waals surface area contributed by atoms with E-state index in [-0.39, 0.29) is 5.91 Å². The second-order valence-corrected chi connectivity index (χ2v) is 3.92. The van der Waals surface area contributed by atoms with Gasteiger partial charge in [0.1, 0.15) is 6.26 Å². The molecular formula is C13H14N2O2. The van der Waals surface area contributed by atoms with Crippen LogP contribution in [0.4, 0.5) is 0 Å². The maximum Gasteiger partial charge on any atom is 0.273 e. The lowest BCUT2D eigenvalue weighted by Gasteiger charge is -2.03. The van der Waals surface area contributed by atoms with E-state index in [1.54, 1.807) is 6.92 Å². The molecule has 0 aliphatic heterocycles. The minimum Gasteiger partial charge on any atom is -0.448 e. The first kappa shape index (κ1) is 11.4. The number of hydrogen-bond acceptors (Lipinski definition) is 3. The molecule has 4 nitrogen and oxygen atoms in total. The third-order valence-electron chi connectivity index (χ3n) is 2.43. The van der Waals surface area contributed by atoms with Gasteiger partial charge in [-0.1, -0.05) is 29.8 Å². The number of hydrogen-bond donors (Lipinski definition) is 1. The van der Waals surface area contributed by atoms with E-state index in [2.05, 4.69) is 10.3 Å². The molecule has 0 radical (unpaired) electrons. The smallest absolute Gasteiger partial charge is 0.273 e. The maximum absolute atomic E-state index is 11.7. The predicted octanol–water partition coefficient (Wildman–Crippen LogP) is 2.22. The highest BCUT2D eigenvalue weighted by molar-refractivity contribution is 5.91. The van der Waals surface area contributed by atoms with Crippen molar-refractivity contribution in [3.8, 4) is 0 Å². The molecule has 1 N–H and O–H groups in total. The van der Waals surface area contributed by atoms with Gasteiger partial charge in [-0.15, -0.1) is 0 Å². The Labute approximate surface area is 99.7 Å². The second-order valence-electron chi connectivity index (χ2n) is 3.92.